The van der Waals surface area contributed by atoms with E-state index in [-0.39, 0.29) is 0 Å². The molecule has 0 bridgehead atoms. The summed E-state index contributed by atoms with van der Waals surface area (Å²) in [6, 6.07) is 7.92. The number of hydrogen-bond donors (Lipinski definition) is 1. The van der Waals surface area contributed by atoms with E-state index in [4.69, 9.17) is 10.6 Å². The summed E-state index contributed by atoms with van der Waals surface area (Å²) >= 11 is 0. The number of nitrogen functional groups attached to an aromatic ring is 1. The third-order valence-corrected chi connectivity index (χ3v) is 2.01. The molecule has 0 spiro atoms. The van der Waals surface area contributed by atoms with Gasteiger partial charge in [-0.25, -0.2) is 0 Å². The Kier molecular flexibility index (Phi) is 3.73. The smallest absolute Gasteiger partial charge is 0.0575 e. The van der Waals surface area contributed by atoms with Crippen LogP contribution >= 0.6 is 0 Å². The van der Waals surface area contributed by atoms with Crippen LogP contribution in [0, 0.1) is 0 Å². The molecule has 0 aliphatic heterocycles. The molecule has 0 aliphatic rings. The highest BCUT2D eigenvalue weighted by Gasteiger charge is 1.96. The average Bonchev–Trinajstić information content (AvgIpc) is 2.16. The molecule has 0 amide bonds. The fourth-order valence-electron chi connectivity index (χ4n) is 1.06. The molecular formula is C10H16N2O. The molecule has 0 radical (unpaired) electrons. The molecule has 1 aromatic carbocycles. The van der Waals surface area contributed by atoms with E-state index in [9.17, 15) is 0 Å². The molecule has 1 rings (SSSR count). The highest BCUT2D eigenvalue weighted by Crippen LogP contribution is 2.06. The Bertz CT molecular complexity index is 246. The Morgan fingerprint density at radius 2 is 1.92 bits per heavy atom. The van der Waals surface area contributed by atoms with E-state index in [2.05, 4.69) is 0 Å². The third-order valence-electron chi connectivity index (χ3n) is 2.01. The van der Waals surface area contributed by atoms with Gasteiger partial charge in [-0.2, -0.15) is 5.06 Å². The lowest BCUT2D eigenvalue weighted by Crippen LogP contribution is -2.19. The highest BCUT2D eigenvalue weighted by molar-refractivity contribution is 5.39. The monoisotopic (exact) mass is 180 g/mol. The second kappa shape index (κ2) is 4.84. The Labute approximate surface area is 79.1 Å². The molecule has 13 heavy (non-hydrogen) atoms. The normalized spacial score (nSPS) is 10.7. The van der Waals surface area contributed by atoms with Crippen molar-refractivity contribution >= 4 is 5.69 Å². The van der Waals surface area contributed by atoms with Crippen molar-refractivity contribution in [3.05, 3.63) is 29.8 Å². The van der Waals surface area contributed by atoms with Gasteiger partial charge in [0, 0.05) is 19.3 Å². The van der Waals surface area contributed by atoms with Crippen LogP contribution in [0.3, 0.4) is 0 Å². The first-order valence-electron chi connectivity index (χ1n) is 4.32. The maximum atomic E-state index is 5.57. The number of likely N-dealkylation sites (N-methyl/N-ethyl adjacent to an activating group) is 1. The first-order chi connectivity index (χ1) is 6.22. The fourth-order valence-corrected chi connectivity index (χ4v) is 1.06. The van der Waals surface area contributed by atoms with Crippen molar-refractivity contribution in [3.8, 4) is 0 Å². The Balaban J connectivity index is 2.41. The van der Waals surface area contributed by atoms with Crippen molar-refractivity contribution in [2.24, 2.45) is 0 Å². The molecule has 3 heteroatoms. The van der Waals surface area contributed by atoms with Gasteiger partial charge in [0.2, 0.25) is 0 Å². The van der Waals surface area contributed by atoms with Crippen LogP contribution < -0.4 is 5.73 Å². The standard InChI is InChI=1S/C10H16N2O/c1-12(13-2)8-7-9-3-5-10(11)6-4-9/h3-6H,7-8,11H2,1-2H3. The summed E-state index contributed by atoms with van der Waals surface area (Å²) in [7, 11) is 3.58. The number of anilines is 1. The zero-order chi connectivity index (χ0) is 9.68. The van der Waals surface area contributed by atoms with Crippen molar-refractivity contribution < 1.29 is 4.84 Å². The number of hydrogen-bond acceptors (Lipinski definition) is 3. The van der Waals surface area contributed by atoms with Crippen molar-refractivity contribution in [1.29, 1.82) is 0 Å². The molecule has 0 aromatic heterocycles. The summed E-state index contributed by atoms with van der Waals surface area (Å²) in [5.74, 6) is 0. The molecule has 3 nitrogen and oxygen atoms in total. The first-order valence-corrected chi connectivity index (χ1v) is 4.32. The van der Waals surface area contributed by atoms with Gasteiger partial charge in [0.25, 0.3) is 0 Å². The number of nitrogens with two attached hydrogens (primary N) is 1. The van der Waals surface area contributed by atoms with Gasteiger partial charge < -0.3 is 10.6 Å². The Morgan fingerprint density at radius 1 is 1.31 bits per heavy atom. The molecule has 0 fully saturated rings. The quantitative estimate of drug-likeness (QED) is 0.560. The summed E-state index contributed by atoms with van der Waals surface area (Å²) in [5.41, 5.74) is 7.66. The second-order valence-corrected chi connectivity index (χ2v) is 3.03. The van der Waals surface area contributed by atoms with Crippen LogP contribution in [0.25, 0.3) is 0 Å². The zero-order valence-electron chi connectivity index (χ0n) is 8.16. The predicted octanol–water partition coefficient (Wildman–Crippen LogP) is 1.30. The number of hydroxylamine groups is 2. The molecule has 0 atom stereocenters. The minimum absolute atomic E-state index is 0.809. The van der Waals surface area contributed by atoms with E-state index in [1.54, 1.807) is 12.2 Å². The average molecular weight is 180 g/mol. The molecular weight excluding hydrogens is 164 g/mol. The molecule has 1 aromatic rings. The molecule has 0 aliphatic carbocycles. The van der Waals surface area contributed by atoms with Gasteiger partial charge in [0.1, 0.15) is 0 Å². The van der Waals surface area contributed by atoms with Gasteiger partial charge >= 0.3 is 0 Å². The van der Waals surface area contributed by atoms with E-state index in [1.165, 1.54) is 5.56 Å². The lowest BCUT2D eigenvalue weighted by Gasteiger charge is -2.12. The third kappa shape index (κ3) is 3.44. The van der Waals surface area contributed by atoms with Crippen molar-refractivity contribution in [2.75, 3.05) is 26.4 Å². The summed E-state index contributed by atoms with van der Waals surface area (Å²) < 4.78 is 0. The number of nitrogens with zero attached hydrogens (tertiary/aromatic N) is 1. The summed E-state index contributed by atoms with van der Waals surface area (Å²) in [5, 5.41) is 1.80. The van der Waals surface area contributed by atoms with Gasteiger partial charge in [0.15, 0.2) is 0 Å². The fraction of sp³-hybridized carbons (Fsp3) is 0.400. The maximum absolute atomic E-state index is 5.57. The highest BCUT2D eigenvalue weighted by atomic mass is 16.7. The van der Waals surface area contributed by atoms with E-state index in [0.717, 1.165) is 18.7 Å². The lowest BCUT2D eigenvalue weighted by atomic mass is 10.1. The predicted molar refractivity (Wildman–Crippen MR) is 54.2 cm³/mol. The van der Waals surface area contributed by atoms with Crippen LogP contribution in [0.5, 0.6) is 0 Å². The summed E-state index contributed by atoms with van der Waals surface area (Å²) in [6.45, 7) is 0.889. The molecule has 72 valence electrons. The molecule has 0 saturated heterocycles. The van der Waals surface area contributed by atoms with Crippen molar-refractivity contribution in [1.82, 2.24) is 5.06 Å². The van der Waals surface area contributed by atoms with E-state index >= 15 is 0 Å². The first kappa shape index (κ1) is 10.0. The van der Waals surface area contributed by atoms with Gasteiger partial charge in [-0.05, 0) is 24.1 Å². The van der Waals surface area contributed by atoms with Crippen molar-refractivity contribution in [3.63, 3.8) is 0 Å². The molecule has 2 N–H and O–H groups in total. The van der Waals surface area contributed by atoms with Crippen LogP contribution in [0.2, 0.25) is 0 Å². The minimum atomic E-state index is 0.809. The van der Waals surface area contributed by atoms with E-state index < -0.39 is 0 Å². The second-order valence-electron chi connectivity index (χ2n) is 3.03. The lowest BCUT2D eigenvalue weighted by molar-refractivity contribution is -0.107. The van der Waals surface area contributed by atoms with E-state index in [0.29, 0.717) is 0 Å². The topological polar surface area (TPSA) is 38.5 Å². The maximum Gasteiger partial charge on any atom is 0.0575 e. The van der Waals surface area contributed by atoms with Gasteiger partial charge in [-0.1, -0.05) is 12.1 Å². The summed E-state index contributed by atoms with van der Waals surface area (Å²) in [6.07, 6.45) is 0.977. The number of benzene rings is 1. The number of rotatable bonds is 4. The molecule has 0 saturated carbocycles. The Hall–Kier alpha value is -1.06. The largest absolute Gasteiger partial charge is 0.399 e. The minimum Gasteiger partial charge on any atom is -0.399 e. The van der Waals surface area contributed by atoms with Crippen molar-refractivity contribution in [2.45, 2.75) is 6.42 Å². The van der Waals surface area contributed by atoms with Gasteiger partial charge in [0.05, 0.1) is 7.11 Å². The van der Waals surface area contributed by atoms with Crippen LogP contribution in [-0.2, 0) is 11.3 Å². The molecule has 0 unspecified atom stereocenters. The van der Waals surface area contributed by atoms with Crippen LogP contribution in [0.4, 0.5) is 5.69 Å². The van der Waals surface area contributed by atoms with Gasteiger partial charge in [-0.3, -0.25) is 0 Å². The van der Waals surface area contributed by atoms with Crippen LogP contribution in [-0.4, -0.2) is 25.8 Å². The Morgan fingerprint density at radius 3 is 2.46 bits per heavy atom. The SMILES string of the molecule is CON(C)CCc1ccc(N)cc1. The summed E-state index contributed by atoms with van der Waals surface area (Å²) in [4.78, 5) is 5.00. The van der Waals surface area contributed by atoms with Gasteiger partial charge in [-0.15, -0.1) is 0 Å². The van der Waals surface area contributed by atoms with Crippen LogP contribution in [0.1, 0.15) is 5.56 Å². The van der Waals surface area contributed by atoms with E-state index in [1.807, 2.05) is 31.3 Å². The zero-order valence-corrected chi connectivity index (χ0v) is 8.16. The van der Waals surface area contributed by atoms with Crippen LogP contribution in [0.15, 0.2) is 24.3 Å². The molecule has 0 heterocycles.